The van der Waals surface area contributed by atoms with E-state index in [9.17, 15) is 4.79 Å². The second-order valence-corrected chi connectivity index (χ2v) is 5.70. The van der Waals surface area contributed by atoms with Crippen molar-refractivity contribution in [3.8, 4) is 0 Å². The van der Waals surface area contributed by atoms with Crippen molar-refractivity contribution >= 4 is 5.91 Å². The fraction of sp³-hybridized carbons (Fsp3) is 0.733. The van der Waals surface area contributed by atoms with Crippen LogP contribution in [0.1, 0.15) is 51.4 Å². The number of rotatable bonds is 5. The molecule has 1 aromatic rings. The smallest absolute Gasteiger partial charge is 0.249 e. The zero-order valence-corrected chi connectivity index (χ0v) is 12.8. The molecule has 0 saturated heterocycles. The van der Waals surface area contributed by atoms with Crippen LogP contribution in [0.2, 0.25) is 0 Å². The Balaban J connectivity index is 2.00. The van der Waals surface area contributed by atoms with Gasteiger partial charge in [0.25, 0.3) is 0 Å². The molecule has 0 fully saturated rings. The van der Waals surface area contributed by atoms with E-state index in [1.807, 2.05) is 13.1 Å². The molecule has 2 unspecified atom stereocenters. The first-order chi connectivity index (χ1) is 9.52. The molecule has 0 spiro atoms. The second-order valence-electron chi connectivity index (χ2n) is 5.70. The van der Waals surface area contributed by atoms with Gasteiger partial charge in [-0.05, 0) is 46.1 Å². The highest BCUT2D eigenvalue weighted by atomic mass is 16.5. The first kappa shape index (κ1) is 15.0. The Labute approximate surface area is 120 Å². The maximum Gasteiger partial charge on any atom is 0.249 e. The summed E-state index contributed by atoms with van der Waals surface area (Å²) in [6.07, 6.45) is 4.41. The molecule has 1 N–H and O–H groups in total. The summed E-state index contributed by atoms with van der Waals surface area (Å²) >= 11 is 0. The van der Waals surface area contributed by atoms with Gasteiger partial charge in [-0.3, -0.25) is 9.48 Å². The fourth-order valence-electron chi connectivity index (χ4n) is 2.73. The van der Waals surface area contributed by atoms with Crippen molar-refractivity contribution in [3.05, 3.63) is 17.5 Å². The normalized spacial score (nSPS) is 19.8. The molecule has 112 valence electrons. The van der Waals surface area contributed by atoms with Crippen molar-refractivity contribution in [3.63, 3.8) is 0 Å². The summed E-state index contributed by atoms with van der Waals surface area (Å²) in [5, 5.41) is 7.55. The average molecular weight is 279 g/mol. The number of ether oxygens (including phenoxy) is 1. The van der Waals surface area contributed by atoms with Gasteiger partial charge in [0.2, 0.25) is 5.91 Å². The van der Waals surface area contributed by atoms with Gasteiger partial charge in [-0.1, -0.05) is 0 Å². The van der Waals surface area contributed by atoms with Gasteiger partial charge in [0.1, 0.15) is 6.10 Å². The molecule has 20 heavy (non-hydrogen) atoms. The highest BCUT2D eigenvalue weighted by molar-refractivity contribution is 5.80. The Morgan fingerprint density at radius 2 is 2.30 bits per heavy atom. The van der Waals surface area contributed by atoms with Crippen LogP contribution in [0.15, 0.2) is 6.20 Å². The molecular weight excluding hydrogens is 254 g/mol. The van der Waals surface area contributed by atoms with Gasteiger partial charge in [-0.15, -0.1) is 0 Å². The second kappa shape index (κ2) is 6.39. The minimum atomic E-state index is -0.378. The van der Waals surface area contributed by atoms with Gasteiger partial charge >= 0.3 is 0 Å². The Hall–Kier alpha value is -1.36. The van der Waals surface area contributed by atoms with Crippen LogP contribution in [0.25, 0.3) is 0 Å². The SMILES string of the molecule is CCOC(C)C(=O)NC1CCc2cnn(C(C)C)c2C1. The van der Waals surface area contributed by atoms with Gasteiger partial charge in [0, 0.05) is 30.8 Å². The van der Waals surface area contributed by atoms with Crippen molar-refractivity contribution in [2.75, 3.05) is 6.61 Å². The first-order valence-corrected chi connectivity index (χ1v) is 7.50. The maximum atomic E-state index is 12.0. The minimum Gasteiger partial charge on any atom is -0.369 e. The van der Waals surface area contributed by atoms with E-state index >= 15 is 0 Å². The Bertz CT molecular complexity index is 468. The summed E-state index contributed by atoms with van der Waals surface area (Å²) in [6, 6.07) is 0.544. The molecule has 1 aromatic heterocycles. The average Bonchev–Trinajstić information content (AvgIpc) is 2.82. The third-order valence-corrected chi connectivity index (χ3v) is 3.81. The van der Waals surface area contributed by atoms with E-state index < -0.39 is 0 Å². The lowest BCUT2D eigenvalue weighted by Gasteiger charge is -2.26. The molecular formula is C15H25N3O2. The topological polar surface area (TPSA) is 56.1 Å². The molecule has 2 atom stereocenters. The van der Waals surface area contributed by atoms with Crippen LogP contribution in [-0.2, 0) is 22.4 Å². The molecule has 5 nitrogen and oxygen atoms in total. The third-order valence-electron chi connectivity index (χ3n) is 3.81. The van der Waals surface area contributed by atoms with Crippen LogP contribution < -0.4 is 5.32 Å². The van der Waals surface area contributed by atoms with Gasteiger partial charge in [0.05, 0.1) is 6.20 Å². The number of fused-ring (bicyclic) bond motifs is 1. The lowest BCUT2D eigenvalue weighted by Crippen LogP contribution is -2.44. The largest absolute Gasteiger partial charge is 0.369 e. The summed E-state index contributed by atoms with van der Waals surface area (Å²) in [4.78, 5) is 12.0. The van der Waals surface area contributed by atoms with E-state index in [4.69, 9.17) is 4.74 Å². The lowest BCUT2D eigenvalue weighted by atomic mass is 9.93. The standard InChI is InChI=1S/C15H25N3O2/c1-5-20-11(4)15(19)17-13-7-6-12-9-16-18(10(2)3)14(12)8-13/h9-11,13H,5-8H2,1-4H3,(H,17,19). The number of nitrogens with one attached hydrogen (secondary N) is 1. The van der Waals surface area contributed by atoms with Crippen molar-refractivity contribution in [2.24, 2.45) is 0 Å². The van der Waals surface area contributed by atoms with Crippen LogP contribution in [0.4, 0.5) is 0 Å². The maximum absolute atomic E-state index is 12.0. The summed E-state index contributed by atoms with van der Waals surface area (Å²) < 4.78 is 7.40. The van der Waals surface area contributed by atoms with Crippen LogP contribution in [0.5, 0.6) is 0 Å². The van der Waals surface area contributed by atoms with Gasteiger partial charge in [-0.25, -0.2) is 0 Å². The number of carbonyl (C=O) groups excluding carboxylic acids is 1. The molecule has 1 aliphatic rings. The Kier molecular flexibility index (Phi) is 4.81. The summed E-state index contributed by atoms with van der Waals surface area (Å²) in [5.74, 6) is -0.0177. The van der Waals surface area contributed by atoms with Crippen molar-refractivity contribution in [2.45, 2.75) is 65.1 Å². The Morgan fingerprint density at radius 1 is 1.55 bits per heavy atom. The minimum absolute atomic E-state index is 0.0177. The number of aryl methyl sites for hydroxylation is 1. The number of nitrogens with zero attached hydrogens (tertiary/aromatic N) is 2. The third kappa shape index (κ3) is 3.20. The molecule has 0 aromatic carbocycles. The van der Waals surface area contributed by atoms with Gasteiger partial charge in [0.15, 0.2) is 0 Å². The first-order valence-electron chi connectivity index (χ1n) is 7.50. The van der Waals surface area contributed by atoms with Gasteiger partial charge in [-0.2, -0.15) is 5.10 Å². The van der Waals surface area contributed by atoms with Crippen molar-refractivity contribution in [1.29, 1.82) is 0 Å². The zero-order chi connectivity index (χ0) is 14.7. The number of hydrogen-bond acceptors (Lipinski definition) is 3. The quantitative estimate of drug-likeness (QED) is 0.895. The predicted octanol–water partition coefficient (Wildman–Crippen LogP) is 1.86. The highest BCUT2D eigenvalue weighted by Gasteiger charge is 2.25. The zero-order valence-electron chi connectivity index (χ0n) is 12.8. The van der Waals surface area contributed by atoms with Gasteiger partial charge < -0.3 is 10.1 Å². The Morgan fingerprint density at radius 3 is 2.95 bits per heavy atom. The molecule has 5 heteroatoms. The molecule has 1 aliphatic carbocycles. The van der Waals surface area contributed by atoms with Crippen LogP contribution in [0, 0.1) is 0 Å². The number of carbonyl (C=O) groups is 1. The number of aromatic nitrogens is 2. The molecule has 1 amide bonds. The number of hydrogen-bond donors (Lipinski definition) is 1. The van der Waals surface area contributed by atoms with E-state index in [1.165, 1.54) is 11.3 Å². The predicted molar refractivity (Wildman–Crippen MR) is 77.7 cm³/mol. The van der Waals surface area contributed by atoms with E-state index in [0.717, 1.165) is 19.3 Å². The highest BCUT2D eigenvalue weighted by Crippen LogP contribution is 2.23. The summed E-state index contributed by atoms with van der Waals surface area (Å²) in [5.41, 5.74) is 2.59. The van der Waals surface area contributed by atoms with Crippen molar-refractivity contribution in [1.82, 2.24) is 15.1 Å². The van der Waals surface area contributed by atoms with Crippen LogP contribution in [-0.4, -0.2) is 34.4 Å². The molecule has 0 aliphatic heterocycles. The van der Waals surface area contributed by atoms with E-state index in [0.29, 0.717) is 12.6 Å². The molecule has 0 saturated carbocycles. The van der Waals surface area contributed by atoms with Crippen molar-refractivity contribution < 1.29 is 9.53 Å². The molecule has 1 heterocycles. The fourth-order valence-corrected chi connectivity index (χ4v) is 2.73. The molecule has 0 bridgehead atoms. The summed E-state index contributed by atoms with van der Waals surface area (Å²) in [7, 11) is 0. The monoisotopic (exact) mass is 279 g/mol. The van der Waals surface area contributed by atoms with Crippen LogP contribution in [0.3, 0.4) is 0 Å². The van der Waals surface area contributed by atoms with Crippen LogP contribution >= 0.6 is 0 Å². The molecule has 0 radical (unpaired) electrons. The van der Waals surface area contributed by atoms with E-state index in [2.05, 4.69) is 28.9 Å². The van der Waals surface area contributed by atoms with E-state index in [1.54, 1.807) is 6.92 Å². The lowest BCUT2D eigenvalue weighted by molar-refractivity contribution is -0.132. The number of amides is 1. The van der Waals surface area contributed by atoms with E-state index in [-0.39, 0.29) is 18.1 Å². The summed E-state index contributed by atoms with van der Waals surface area (Å²) in [6.45, 7) is 8.52. The molecule has 2 rings (SSSR count).